The molecule has 0 saturated carbocycles. The van der Waals surface area contributed by atoms with Crippen LogP contribution in [0, 0.1) is 0 Å². The fourth-order valence-corrected chi connectivity index (χ4v) is 2.50. The summed E-state index contributed by atoms with van der Waals surface area (Å²) in [6.45, 7) is 0.180. The van der Waals surface area contributed by atoms with Gasteiger partial charge in [0.2, 0.25) is 0 Å². The van der Waals surface area contributed by atoms with Gasteiger partial charge >= 0.3 is 0 Å². The predicted molar refractivity (Wildman–Crippen MR) is 59.8 cm³/mol. The molecule has 0 fully saturated rings. The SMILES string of the molecule is CNSc1cccc(Br)c1CCO. The Balaban J connectivity index is 2.95. The van der Waals surface area contributed by atoms with Crippen LogP contribution in [0.4, 0.5) is 0 Å². The standard InChI is InChI=1S/C9H12BrNOS/c1-11-13-9-4-2-3-8(10)7(9)5-6-12/h2-4,11-12H,5-6H2,1H3. The highest BCUT2D eigenvalue weighted by molar-refractivity contribution is 9.10. The molecule has 0 saturated heterocycles. The van der Waals surface area contributed by atoms with Crippen LogP contribution in [0.3, 0.4) is 0 Å². The lowest BCUT2D eigenvalue weighted by Crippen LogP contribution is -1.98. The molecule has 0 bridgehead atoms. The van der Waals surface area contributed by atoms with E-state index >= 15 is 0 Å². The van der Waals surface area contributed by atoms with Gasteiger partial charge in [-0.05, 0) is 43.1 Å². The van der Waals surface area contributed by atoms with Crippen LogP contribution >= 0.6 is 27.9 Å². The van der Waals surface area contributed by atoms with Gasteiger partial charge in [-0.1, -0.05) is 22.0 Å². The first-order valence-corrected chi connectivity index (χ1v) is 5.62. The first kappa shape index (κ1) is 11.0. The summed E-state index contributed by atoms with van der Waals surface area (Å²) in [6, 6.07) is 6.02. The summed E-state index contributed by atoms with van der Waals surface area (Å²) in [4.78, 5) is 1.16. The van der Waals surface area contributed by atoms with Gasteiger partial charge in [-0.15, -0.1) is 0 Å². The van der Waals surface area contributed by atoms with E-state index in [9.17, 15) is 0 Å². The van der Waals surface area contributed by atoms with Gasteiger partial charge < -0.3 is 5.11 Å². The number of aliphatic hydroxyl groups excluding tert-OH is 1. The van der Waals surface area contributed by atoms with Crippen molar-refractivity contribution < 1.29 is 5.11 Å². The second-order valence-corrected chi connectivity index (χ2v) is 4.40. The average molecular weight is 262 g/mol. The van der Waals surface area contributed by atoms with Crippen molar-refractivity contribution in [2.24, 2.45) is 0 Å². The van der Waals surface area contributed by atoms with E-state index in [1.165, 1.54) is 0 Å². The van der Waals surface area contributed by atoms with Crippen LogP contribution in [0.1, 0.15) is 5.56 Å². The lowest BCUT2D eigenvalue weighted by Gasteiger charge is -2.08. The fraction of sp³-hybridized carbons (Fsp3) is 0.333. The molecule has 0 aliphatic rings. The Morgan fingerprint density at radius 2 is 2.31 bits per heavy atom. The maximum Gasteiger partial charge on any atom is 0.0472 e. The minimum absolute atomic E-state index is 0.180. The Hall–Kier alpha value is -0.0300. The summed E-state index contributed by atoms with van der Waals surface area (Å²) in [5.74, 6) is 0. The Kier molecular flexibility index (Phi) is 4.80. The van der Waals surface area contributed by atoms with Gasteiger partial charge in [0.05, 0.1) is 0 Å². The van der Waals surface area contributed by atoms with Gasteiger partial charge in [0.1, 0.15) is 0 Å². The Morgan fingerprint density at radius 1 is 1.54 bits per heavy atom. The third kappa shape index (κ3) is 2.98. The van der Waals surface area contributed by atoms with Crippen molar-refractivity contribution in [1.29, 1.82) is 0 Å². The van der Waals surface area contributed by atoms with Crippen LogP contribution in [-0.2, 0) is 6.42 Å². The molecule has 0 heterocycles. The third-order valence-corrected chi connectivity index (χ3v) is 3.20. The van der Waals surface area contributed by atoms with E-state index in [-0.39, 0.29) is 6.61 Å². The molecular weight excluding hydrogens is 250 g/mol. The number of aliphatic hydroxyl groups is 1. The van der Waals surface area contributed by atoms with Crippen molar-refractivity contribution in [3.05, 3.63) is 28.2 Å². The van der Waals surface area contributed by atoms with Gasteiger partial charge in [0.15, 0.2) is 0 Å². The minimum Gasteiger partial charge on any atom is -0.396 e. The molecular formula is C9H12BrNOS. The quantitative estimate of drug-likeness (QED) is 0.816. The molecule has 1 aromatic carbocycles. The molecule has 1 rings (SSSR count). The molecule has 0 aromatic heterocycles. The second-order valence-electron chi connectivity index (χ2n) is 2.50. The monoisotopic (exact) mass is 261 g/mol. The maximum absolute atomic E-state index is 8.89. The predicted octanol–water partition coefficient (Wildman–Crippen LogP) is 2.21. The molecule has 0 unspecified atom stereocenters. The fourth-order valence-electron chi connectivity index (χ4n) is 1.10. The highest BCUT2D eigenvalue weighted by atomic mass is 79.9. The minimum atomic E-state index is 0.180. The van der Waals surface area contributed by atoms with Crippen LogP contribution in [-0.4, -0.2) is 18.8 Å². The molecule has 0 aliphatic heterocycles. The Labute approximate surface area is 91.0 Å². The number of hydrogen-bond donors (Lipinski definition) is 2. The normalized spacial score (nSPS) is 10.4. The first-order chi connectivity index (χ1) is 6.29. The zero-order valence-corrected chi connectivity index (χ0v) is 9.78. The molecule has 2 nitrogen and oxygen atoms in total. The molecule has 0 atom stereocenters. The summed E-state index contributed by atoms with van der Waals surface area (Å²) in [5.41, 5.74) is 1.16. The van der Waals surface area contributed by atoms with Gasteiger partial charge in [-0.25, -0.2) is 0 Å². The molecule has 0 aliphatic carbocycles. The van der Waals surface area contributed by atoms with Gasteiger partial charge in [-0.3, -0.25) is 4.72 Å². The highest BCUT2D eigenvalue weighted by Gasteiger charge is 2.05. The maximum atomic E-state index is 8.89. The van der Waals surface area contributed by atoms with Gasteiger partial charge in [0.25, 0.3) is 0 Å². The topological polar surface area (TPSA) is 32.3 Å². The Morgan fingerprint density at radius 3 is 2.92 bits per heavy atom. The number of benzene rings is 1. The van der Waals surface area contributed by atoms with Crippen LogP contribution in [0.25, 0.3) is 0 Å². The largest absolute Gasteiger partial charge is 0.396 e. The van der Waals surface area contributed by atoms with Gasteiger partial charge in [-0.2, -0.15) is 0 Å². The number of halogens is 1. The van der Waals surface area contributed by atoms with Crippen molar-refractivity contribution in [3.63, 3.8) is 0 Å². The molecule has 13 heavy (non-hydrogen) atoms. The van der Waals surface area contributed by atoms with Crippen LogP contribution < -0.4 is 4.72 Å². The van der Waals surface area contributed by atoms with E-state index in [1.54, 1.807) is 11.9 Å². The number of rotatable bonds is 4. The van der Waals surface area contributed by atoms with Crippen molar-refractivity contribution in [2.45, 2.75) is 11.3 Å². The number of nitrogens with one attached hydrogen (secondary N) is 1. The molecule has 0 amide bonds. The average Bonchev–Trinajstić information content (AvgIpc) is 2.11. The first-order valence-electron chi connectivity index (χ1n) is 4.01. The van der Waals surface area contributed by atoms with E-state index < -0.39 is 0 Å². The van der Waals surface area contributed by atoms with Gasteiger partial charge in [0, 0.05) is 16.0 Å². The lowest BCUT2D eigenvalue weighted by atomic mass is 10.2. The lowest BCUT2D eigenvalue weighted by molar-refractivity contribution is 0.298. The van der Waals surface area contributed by atoms with Crippen molar-refractivity contribution in [2.75, 3.05) is 13.7 Å². The smallest absolute Gasteiger partial charge is 0.0472 e. The number of hydrogen-bond acceptors (Lipinski definition) is 3. The summed E-state index contributed by atoms with van der Waals surface area (Å²) in [5, 5.41) is 8.89. The molecule has 2 N–H and O–H groups in total. The summed E-state index contributed by atoms with van der Waals surface area (Å²) in [6.07, 6.45) is 0.686. The summed E-state index contributed by atoms with van der Waals surface area (Å²) < 4.78 is 4.08. The molecule has 1 aromatic rings. The Bertz CT molecular complexity index is 280. The van der Waals surface area contributed by atoms with Crippen LogP contribution in [0.15, 0.2) is 27.6 Å². The van der Waals surface area contributed by atoms with E-state index in [4.69, 9.17) is 5.11 Å². The van der Waals surface area contributed by atoms with Crippen LogP contribution in [0.2, 0.25) is 0 Å². The molecule has 4 heteroatoms. The van der Waals surface area contributed by atoms with E-state index in [0.717, 1.165) is 14.9 Å². The van der Waals surface area contributed by atoms with E-state index in [2.05, 4.69) is 20.7 Å². The highest BCUT2D eigenvalue weighted by Crippen LogP contribution is 2.27. The molecule has 0 spiro atoms. The molecule has 0 radical (unpaired) electrons. The summed E-state index contributed by atoms with van der Waals surface area (Å²) in [7, 11) is 1.88. The van der Waals surface area contributed by atoms with Crippen LogP contribution in [0.5, 0.6) is 0 Å². The van der Waals surface area contributed by atoms with Crippen molar-refractivity contribution in [1.82, 2.24) is 4.72 Å². The third-order valence-electron chi connectivity index (χ3n) is 1.65. The zero-order valence-electron chi connectivity index (χ0n) is 7.38. The second kappa shape index (κ2) is 5.65. The van der Waals surface area contributed by atoms with Crippen molar-refractivity contribution >= 4 is 27.9 Å². The van der Waals surface area contributed by atoms with E-state index in [1.807, 2.05) is 25.2 Å². The zero-order chi connectivity index (χ0) is 9.68. The van der Waals surface area contributed by atoms with Crippen molar-refractivity contribution in [3.8, 4) is 0 Å². The summed E-state index contributed by atoms with van der Waals surface area (Å²) >= 11 is 5.03. The van der Waals surface area contributed by atoms with E-state index in [0.29, 0.717) is 6.42 Å². The molecule has 72 valence electrons.